The zero-order valence-electron chi connectivity index (χ0n) is 14.3. The molecule has 0 N–H and O–H groups in total. The van der Waals surface area contributed by atoms with E-state index in [-0.39, 0.29) is 11.7 Å². The molecule has 130 valence electrons. The summed E-state index contributed by atoms with van der Waals surface area (Å²) >= 11 is 0. The average molecular weight is 339 g/mol. The Labute approximate surface area is 145 Å². The van der Waals surface area contributed by atoms with Gasteiger partial charge in [0, 0.05) is 41.6 Å². The highest BCUT2D eigenvalue weighted by molar-refractivity contribution is 6.08. The van der Waals surface area contributed by atoms with Crippen LogP contribution in [0.1, 0.15) is 54.2 Å². The lowest BCUT2D eigenvalue weighted by Gasteiger charge is -2.01. The number of carbonyl (C=O) groups is 1. The third kappa shape index (κ3) is 3.09. The Kier molecular flexibility index (Phi) is 4.36. The summed E-state index contributed by atoms with van der Waals surface area (Å²) in [5.41, 5.74) is 1.77. The molecular formula is C19H21N3O3. The summed E-state index contributed by atoms with van der Waals surface area (Å²) < 4.78 is 12.8. The van der Waals surface area contributed by atoms with Crippen LogP contribution in [0.2, 0.25) is 0 Å². The molecule has 0 saturated carbocycles. The lowest BCUT2D eigenvalue weighted by Crippen LogP contribution is -2.02. The van der Waals surface area contributed by atoms with Crippen LogP contribution < -0.4 is 0 Å². The van der Waals surface area contributed by atoms with Gasteiger partial charge in [-0.2, -0.15) is 4.98 Å². The largest absolute Gasteiger partial charge is 0.381 e. The number of para-hydroxylation sites is 1. The van der Waals surface area contributed by atoms with Crippen molar-refractivity contribution in [3.63, 3.8) is 0 Å². The van der Waals surface area contributed by atoms with E-state index in [2.05, 4.69) is 10.1 Å². The zero-order valence-corrected chi connectivity index (χ0v) is 14.3. The van der Waals surface area contributed by atoms with Gasteiger partial charge in [0.05, 0.1) is 6.61 Å². The van der Waals surface area contributed by atoms with Gasteiger partial charge in [-0.05, 0) is 18.9 Å². The maximum absolute atomic E-state index is 12.4. The molecular weight excluding hydrogens is 318 g/mol. The minimum atomic E-state index is 0.173. The molecule has 2 aromatic heterocycles. The molecule has 25 heavy (non-hydrogen) atoms. The molecule has 0 amide bonds. The smallest absolute Gasteiger partial charge is 0.246 e. The number of nitrogens with zero attached hydrogens (tertiary/aromatic N) is 3. The van der Waals surface area contributed by atoms with Crippen molar-refractivity contribution in [3.05, 3.63) is 47.7 Å². The van der Waals surface area contributed by atoms with Crippen LogP contribution in [0.5, 0.6) is 0 Å². The Balaban J connectivity index is 1.64. The van der Waals surface area contributed by atoms with Crippen LogP contribution in [-0.2, 0) is 11.3 Å². The highest BCUT2D eigenvalue weighted by atomic mass is 16.5. The molecule has 0 spiro atoms. The second-order valence-electron chi connectivity index (χ2n) is 6.47. The van der Waals surface area contributed by atoms with Crippen molar-refractivity contribution in [3.8, 4) is 0 Å². The van der Waals surface area contributed by atoms with Gasteiger partial charge in [0.2, 0.25) is 5.89 Å². The van der Waals surface area contributed by atoms with Gasteiger partial charge in [-0.1, -0.05) is 30.3 Å². The topological polar surface area (TPSA) is 70.2 Å². The quantitative estimate of drug-likeness (QED) is 0.642. The number of benzene rings is 1. The van der Waals surface area contributed by atoms with Crippen LogP contribution in [0, 0.1) is 0 Å². The van der Waals surface area contributed by atoms with Gasteiger partial charge < -0.3 is 13.8 Å². The molecule has 0 bridgehead atoms. The summed E-state index contributed by atoms with van der Waals surface area (Å²) in [5.74, 6) is 1.66. The van der Waals surface area contributed by atoms with E-state index in [1.165, 1.54) is 0 Å². The molecule has 6 heteroatoms. The van der Waals surface area contributed by atoms with Crippen molar-refractivity contribution in [1.82, 2.24) is 14.7 Å². The van der Waals surface area contributed by atoms with E-state index in [0.29, 0.717) is 31.3 Å². The van der Waals surface area contributed by atoms with E-state index in [9.17, 15) is 4.79 Å². The fourth-order valence-electron chi connectivity index (χ4n) is 3.34. The van der Waals surface area contributed by atoms with Gasteiger partial charge in [-0.25, -0.2) is 0 Å². The third-order valence-electron chi connectivity index (χ3n) is 4.65. The van der Waals surface area contributed by atoms with Crippen molar-refractivity contribution in [2.75, 3.05) is 13.2 Å². The second kappa shape index (κ2) is 6.80. The first-order valence-electron chi connectivity index (χ1n) is 8.77. The summed E-state index contributed by atoms with van der Waals surface area (Å²) in [4.78, 5) is 16.9. The molecule has 1 aliphatic rings. The third-order valence-corrected chi connectivity index (χ3v) is 4.65. The molecule has 3 heterocycles. The van der Waals surface area contributed by atoms with E-state index in [1.54, 1.807) is 0 Å². The Bertz CT molecular complexity index is 890. The lowest BCUT2D eigenvalue weighted by atomic mass is 10.1. The molecule has 1 saturated heterocycles. The number of aromatic nitrogens is 3. The number of ether oxygens (including phenoxy) is 1. The molecule has 0 unspecified atom stereocenters. The van der Waals surface area contributed by atoms with Crippen LogP contribution >= 0.6 is 0 Å². The second-order valence-corrected chi connectivity index (χ2v) is 6.47. The van der Waals surface area contributed by atoms with Crippen LogP contribution in [0.25, 0.3) is 10.9 Å². The molecule has 1 atom stereocenters. The van der Waals surface area contributed by atoms with E-state index < -0.39 is 0 Å². The maximum atomic E-state index is 12.4. The van der Waals surface area contributed by atoms with Gasteiger partial charge >= 0.3 is 0 Å². The summed E-state index contributed by atoms with van der Waals surface area (Å²) in [6, 6.07) is 7.94. The number of carbonyl (C=O) groups excluding carboxylic acids is 1. The van der Waals surface area contributed by atoms with Gasteiger partial charge in [0.25, 0.3) is 0 Å². The van der Waals surface area contributed by atoms with Crippen molar-refractivity contribution >= 4 is 16.7 Å². The maximum Gasteiger partial charge on any atom is 0.246 e. The first-order chi connectivity index (χ1) is 12.3. The van der Waals surface area contributed by atoms with Gasteiger partial charge in [0.1, 0.15) is 6.54 Å². The number of rotatable bonds is 6. The van der Waals surface area contributed by atoms with Crippen molar-refractivity contribution in [1.29, 1.82) is 0 Å². The van der Waals surface area contributed by atoms with Crippen LogP contribution in [0.15, 0.2) is 35.0 Å². The highest BCUT2D eigenvalue weighted by Gasteiger charge is 2.23. The Morgan fingerprint density at radius 1 is 1.36 bits per heavy atom. The van der Waals surface area contributed by atoms with Gasteiger partial charge in [-0.3, -0.25) is 4.79 Å². The summed E-state index contributed by atoms with van der Waals surface area (Å²) in [6.45, 7) is 3.88. The van der Waals surface area contributed by atoms with E-state index >= 15 is 0 Å². The molecule has 1 aliphatic heterocycles. The van der Waals surface area contributed by atoms with E-state index in [0.717, 1.165) is 35.9 Å². The standard InChI is InChI=1S/C19H21N3O3/c1-2-5-17(23)15-10-22(16-7-4-3-6-14(15)16)11-18-20-19(21-25-18)13-8-9-24-12-13/h3-4,6-7,10,13H,2,5,8-9,11-12H2,1H3/t13-/m0/s1. The van der Waals surface area contributed by atoms with Crippen molar-refractivity contribution in [2.24, 2.45) is 0 Å². The van der Waals surface area contributed by atoms with Gasteiger partial charge in [0.15, 0.2) is 11.6 Å². The summed E-state index contributed by atoms with van der Waals surface area (Å²) in [5, 5.41) is 5.08. The summed E-state index contributed by atoms with van der Waals surface area (Å²) in [7, 11) is 0. The molecule has 3 aromatic rings. The minimum absolute atomic E-state index is 0.173. The van der Waals surface area contributed by atoms with Crippen molar-refractivity contribution < 1.29 is 14.1 Å². The van der Waals surface area contributed by atoms with Crippen LogP contribution in [-0.4, -0.2) is 33.7 Å². The van der Waals surface area contributed by atoms with E-state index in [1.807, 2.05) is 42.0 Å². The summed E-state index contributed by atoms with van der Waals surface area (Å²) in [6.07, 6.45) is 4.24. The molecule has 0 aliphatic carbocycles. The first-order valence-corrected chi connectivity index (χ1v) is 8.77. The minimum Gasteiger partial charge on any atom is -0.381 e. The molecule has 4 rings (SSSR count). The average Bonchev–Trinajstić information content (AvgIpc) is 3.35. The van der Waals surface area contributed by atoms with E-state index in [4.69, 9.17) is 9.26 Å². The predicted molar refractivity (Wildman–Crippen MR) is 92.8 cm³/mol. The SMILES string of the molecule is CCCC(=O)c1cn(Cc2nc([C@H]3CCOC3)no2)c2ccccc12. The molecule has 6 nitrogen and oxygen atoms in total. The number of fused-ring (bicyclic) bond motifs is 1. The lowest BCUT2D eigenvalue weighted by molar-refractivity contribution is 0.0983. The van der Waals surface area contributed by atoms with Gasteiger partial charge in [-0.15, -0.1) is 0 Å². The van der Waals surface area contributed by atoms with Crippen LogP contribution in [0.4, 0.5) is 0 Å². The fraction of sp³-hybridized carbons (Fsp3) is 0.421. The number of ketones is 1. The number of hydrogen-bond donors (Lipinski definition) is 0. The Morgan fingerprint density at radius 2 is 2.24 bits per heavy atom. The normalized spacial score (nSPS) is 17.4. The molecule has 1 aromatic carbocycles. The first kappa shape index (κ1) is 16.0. The Hall–Kier alpha value is -2.47. The fourth-order valence-corrected chi connectivity index (χ4v) is 3.34. The number of Topliss-reactive ketones (excluding diaryl/α,β-unsaturated/α-hetero) is 1. The van der Waals surface area contributed by atoms with Crippen molar-refractivity contribution in [2.45, 2.75) is 38.6 Å². The monoisotopic (exact) mass is 339 g/mol. The highest BCUT2D eigenvalue weighted by Crippen LogP contribution is 2.25. The molecule has 1 fully saturated rings. The predicted octanol–water partition coefficient (Wildman–Crippen LogP) is 3.56. The number of hydrogen-bond acceptors (Lipinski definition) is 5. The Morgan fingerprint density at radius 3 is 3.04 bits per heavy atom. The molecule has 0 radical (unpaired) electrons. The van der Waals surface area contributed by atoms with Crippen LogP contribution in [0.3, 0.4) is 0 Å². The zero-order chi connectivity index (χ0) is 17.2.